The summed E-state index contributed by atoms with van der Waals surface area (Å²) in [6.07, 6.45) is 1.01. The van der Waals surface area contributed by atoms with E-state index >= 15 is 0 Å². The topological polar surface area (TPSA) is 21.3 Å². The van der Waals surface area contributed by atoms with Crippen LogP contribution in [-0.4, -0.2) is 12.6 Å². The molecule has 98 valence electrons. The highest BCUT2D eigenvalue weighted by Gasteiger charge is 2.21. The van der Waals surface area contributed by atoms with Crippen molar-refractivity contribution in [3.05, 3.63) is 59.4 Å². The van der Waals surface area contributed by atoms with Gasteiger partial charge in [0.15, 0.2) is 0 Å². The lowest BCUT2D eigenvalue weighted by Gasteiger charge is -2.13. The van der Waals surface area contributed by atoms with Crippen molar-refractivity contribution in [2.24, 2.45) is 0 Å². The molecule has 0 aromatic heterocycles. The third-order valence-corrected chi connectivity index (χ3v) is 3.42. The van der Waals surface area contributed by atoms with Crippen LogP contribution in [0, 0.1) is 12.7 Å². The summed E-state index contributed by atoms with van der Waals surface area (Å²) in [5, 5.41) is 3.22. The molecule has 2 aromatic carbocycles. The number of rotatable bonds is 3. The number of fused-ring (bicyclic) bond motifs is 1. The first-order valence-corrected chi connectivity index (χ1v) is 6.47. The molecule has 0 bridgehead atoms. The highest BCUT2D eigenvalue weighted by Crippen LogP contribution is 2.28. The molecule has 0 amide bonds. The van der Waals surface area contributed by atoms with Crippen LogP contribution in [0.5, 0.6) is 5.75 Å². The smallest absolute Gasteiger partial charge is 0.128 e. The van der Waals surface area contributed by atoms with Crippen LogP contribution in [-0.2, 0) is 6.42 Å². The second kappa shape index (κ2) is 4.92. The van der Waals surface area contributed by atoms with Gasteiger partial charge in [0.1, 0.15) is 17.7 Å². The molecule has 0 fully saturated rings. The number of para-hydroxylation sites is 1. The number of aryl methyl sites for hydroxylation is 1. The van der Waals surface area contributed by atoms with Crippen LogP contribution >= 0.6 is 0 Å². The van der Waals surface area contributed by atoms with Crippen molar-refractivity contribution in [3.63, 3.8) is 0 Å². The SMILES string of the molecule is Cc1ccc(NCC2Cc3ccccc3O2)cc1F. The zero-order valence-electron chi connectivity index (χ0n) is 10.8. The second-order valence-corrected chi connectivity index (χ2v) is 4.90. The van der Waals surface area contributed by atoms with E-state index in [1.54, 1.807) is 13.0 Å². The first kappa shape index (κ1) is 12.0. The van der Waals surface area contributed by atoms with E-state index in [-0.39, 0.29) is 11.9 Å². The molecular weight excluding hydrogens is 241 g/mol. The maximum atomic E-state index is 13.4. The summed E-state index contributed by atoms with van der Waals surface area (Å²) in [4.78, 5) is 0. The van der Waals surface area contributed by atoms with Crippen molar-refractivity contribution in [3.8, 4) is 5.75 Å². The molecular formula is C16H16FNO. The molecule has 0 saturated heterocycles. The summed E-state index contributed by atoms with van der Waals surface area (Å²) >= 11 is 0. The second-order valence-electron chi connectivity index (χ2n) is 4.90. The van der Waals surface area contributed by atoms with E-state index in [0.29, 0.717) is 12.1 Å². The van der Waals surface area contributed by atoms with Crippen LogP contribution < -0.4 is 10.1 Å². The third-order valence-electron chi connectivity index (χ3n) is 3.42. The van der Waals surface area contributed by atoms with Gasteiger partial charge in [0.25, 0.3) is 0 Å². The summed E-state index contributed by atoms with van der Waals surface area (Å²) < 4.78 is 19.2. The predicted molar refractivity (Wildman–Crippen MR) is 74.2 cm³/mol. The molecule has 0 aliphatic carbocycles. The van der Waals surface area contributed by atoms with E-state index < -0.39 is 0 Å². The summed E-state index contributed by atoms with van der Waals surface area (Å²) in [5.74, 6) is 0.782. The summed E-state index contributed by atoms with van der Waals surface area (Å²) in [6, 6.07) is 13.3. The predicted octanol–water partition coefficient (Wildman–Crippen LogP) is 3.55. The Labute approximate surface area is 112 Å². The van der Waals surface area contributed by atoms with E-state index in [4.69, 9.17) is 4.74 Å². The average molecular weight is 257 g/mol. The summed E-state index contributed by atoms with van der Waals surface area (Å²) in [6.45, 7) is 2.44. The highest BCUT2D eigenvalue weighted by atomic mass is 19.1. The van der Waals surface area contributed by atoms with Crippen LogP contribution in [0.1, 0.15) is 11.1 Å². The third kappa shape index (κ3) is 2.55. The Balaban J connectivity index is 1.61. The number of benzene rings is 2. The fraction of sp³-hybridized carbons (Fsp3) is 0.250. The lowest BCUT2D eigenvalue weighted by atomic mass is 10.1. The molecule has 0 spiro atoms. The molecule has 2 aromatic rings. The first-order valence-electron chi connectivity index (χ1n) is 6.47. The lowest BCUT2D eigenvalue weighted by molar-refractivity contribution is 0.246. The number of nitrogens with one attached hydrogen (secondary N) is 1. The molecule has 19 heavy (non-hydrogen) atoms. The fourth-order valence-corrected chi connectivity index (χ4v) is 2.30. The minimum Gasteiger partial charge on any atom is -0.488 e. The zero-order valence-corrected chi connectivity index (χ0v) is 10.8. The van der Waals surface area contributed by atoms with Gasteiger partial charge in [0.2, 0.25) is 0 Å². The molecule has 1 N–H and O–H groups in total. The normalized spacial score (nSPS) is 16.8. The quantitative estimate of drug-likeness (QED) is 0.908. The molecule has 1 heterocycles. The van der Waals surface area contributed by atoms with Crippen molar-refractivity contribution >= 4 is 5.69 Å². The molecule has 0 saturated carbocycles. The fourth-order valence-electron chi connectivity index (χ4n) is 2.30. The van der Waals surface area contributed by atoms with Gasteiger partial charge in [0.05, 0.1) is 6.54 Å². The van der Waals surface area contributed by atoms with Crippen molar-refractivity contribution < 1.29 is 9.13 Å². The van der Waals surface area contributed by atoms with E-state index in [1.165, 1.54) is 11.6 Å². The molecule has 3 rings (SSSR count). The number of anilines is 1. The van der Waals surface area contributed by atoms with Crippen molar-refractivity contribution in [1.82, 2.24) is 0 Å². The van der Waals surface area contributed by atoms with Gasteiger partial charge in [-0.2, -0.15) is 0 Å². The maximum absolute atomic E-state index is 13.4. The zero-order chi connectivity index (χ0) is 13.2. The van der Waals surface area contributed by atoms with Gasteiger partial charge in [0, 0.05) is 12.1 Å². The van der Waals surface area contributed by atoms with Gasteiger partial charge in [-0.05, 0) is 36.2 Å². The maximum Gasteiger partial charge on any atom is 0.128 e. The van der Waals surface area contributed by atoms with E-state index in [1.807, 2.05) is 24.3 Å². The molecule has 1 aliphatic heterocycles. The van der Waals surface area contributed by atoms with Gasteiger partial charge in [-0.25, -0.2) is 4.39 Å². The largest absolute Gasteiger partial charge is 0.488 e. The Morgan fingerprint density at radius 3 is 2.89 bits per heavy atom. The number of halogens is 1. The van der Waals surface area contributed by atoms with Gasteiger partial charge in [-0.15, -0.1) is 0 Å². The van der Waals surface area contributed by atoms with Crippen LogP contribution in [0.3, 0.4) is 0 Å². The number of ether oxygens (including phenoxy) is 1. The molecule has 1 aliphatic rings. The van der Waals surface area contributed by atoms with Crippen molar-refractivity contribution in [2.45, 2.75) is 19.4 Å². The van der Waals surface area contributed by atoms with E-state index in [0.717, 1.165) is 17.9 Å². The summed E-state index contributed by atoms with van der Waals surface area (Å²) in [7, 11) is 0. The van der Waals surface area contributed by atoms with Gasteiger partial charge < -0.3 is 10.1 Å². The molecule has 0 radical (unpaired) electrons. The minimum absolute atomic E-state index is 0.113. The Hall–Kier alpha value is -2.03. The summed E-state index contributed by atoms with van der Waals surface area (Å²) in [5.41, 5.74) is 2.70. The molecule has 3 heteroatoms. The van der Waals surface area contributed by atoms with Crippen LogP contribution in [0.2, 0.25) is 0 Å². The first-order chi connectivity index (χ1) is 9.22. The Morgan fingerprint density at radius 1 is 1.26 bits per heavy atom. The number of hydrogen-bond donors (Lipinski definition) is 1. The van der Waals surface area contributed by atoms with Crippen molar-refractivity contribution in [1.29, 1.82) is 0 Å². The Morgan fingerprint density at radius 2 is 2.11 bits per heavy atom. The van der Waals surface area contributed by atoms with Crippen LogP contribution in [0.15, 0.2) is 42.5 Å². The van der Waals surface area contributed by atoms with Gasteiger partial charge in [-0.1, -0.05) is 24.3 Å². The molecule has 1 unspecified atom stereocenters. The van der Waals surface area contributed by atoms with E-state index in [2.05, 4.69) is 11.4 Å². The van der Waals surface area contributed by atoms with Crippen molar-refractivity contribution in [2.75, 3.05) is 11.9 Å². The lowest BCUT2D eigenvalue weighted by Crippen LogP contribution is -2.24. The molecule has 2 nitrogen and oxygen atoms in total. The van der Waals surface area contributed by atoms with E-state index in [9.17, 15) is 4.39 Å². The molecule has 1 atom stereocenters. The van der Waals surface area contributed by atoms with Crippen LogP contribution in [0.4, 0.5) is 10.1 Å². The standard InChI is InChI=1S/C16H16FNO/c1-11-6-7-13(9-15(11)17)18-10-14-8-12-4-2-3-5-16(12)19-14/h2-7,9,14,18H,8,10H2,1H3. The monoisotopic (exact) mass is 257 g/mol. The van der Waals surface area contributed by atoms with Crippen LogP contribution in [0.25, 0.3) is 0 Å². The Bertz CT molecular complexity index is 572. The highest BCUT2D eigenvalue weighted by molar-refractivity contribution is 5.46. The Kier molecular flexibility index (Phi) is 3.11. The number of hydrogen-bond acceptors (Lipinski definition) is 2. The average Bonchev–Trinajstić information content (AvgIpc) is 2.83. The van der Waals surface area contributed by atoms with Gasteiger partial charge >= 0.3 is 0 Å². The van der Waals surface area contributed by atoms with Gasteiger partial charge in [-0.3, -0.25) is 0 Å². The minimum atomic E-state index is -0.180.